The molecule has 2 atom stereocenters. The molecule has 1 nitrogen and oxygen atoms in total. The predicted molar refractivity (Wildman–Crippen MR) is 357 cm³/mol. The number of unbranched alkanes of at least 4 members (excludes halogenated alkanes) is 62. The number of nitrogens with one attached hydrogen (secondary N) is 1. The minimum absolute atomic E-state index is 0.759. The van der Waals surface area contributed by atoms with Crippen LogP contribution < -0.4 is 5.32 Å². The van der Waals surface area contributed by atoms with E-state index in [-0.39, 0.29) is 0 Å². The molecule has 0 saturated carbocycles. The third-order valence-electron chi connectivity index (χ3n) is 18.6. The monoisotopic (exact) mass is 1080 g/mol. The molecule has 1 heteroatoms. The molecular weight excluding hydrogens is 927 g/mol. The summed E-state index contributed by atoms with van der Waals surface area (Å²) in [6, 6.07) is 1.52. The molecule has 0 radical (unpaired) electrons. The van der Waals surface area contributed by atoms with E-state index in [9.17, 15) is 0 Å². The number of rotatable bonds is 72. The van der Waals surface area contributed by atoms with E-state index in [2.05, 4.69) is 33.0 Å². The second kappa shape index (κ2) is 72.1. The fraction of sp³-hybridized carbons (Fsp3) is 1.00. The Kier molecular flexibility index (Phi) is 72.0. The van der Waals surface area contributed by atoms with Crippen molar-refractivity contribution >= 4 is 0 Å². The Morgan fingerprint density at radius 3 is 0.325 bits per heavy atom. The highest BCUT2D eigenvalue weighted by Gasteiger charge is 2.16. The fourth-order valence-electron chi connectivity index (χ4n) is 13.1. The van der Waals surface area contributed by atoms with E-state index >= 15 is 0 Å². The number of hydrogen-bond acceptors (Lipinski definition) is 1. The Morgan fingerprint density at radius 1 is 0.130 bits per heavy atom. The Hall–Kier alpha value is -0.0400. The van der Waals surface area contributed by atoms with Gasteiger partial charge in [0, 0.05) is 12.1 Å². The van der Waals surface area contributed by atoms with E-state index in [0.29, 0.717) is 0 Å². The fourth-order valence-corrected chi connectivity index (χ4v) is 13.1. The molecule has 0 aromatic carbocycles. The van der Waals surface area contributed by atoms with Crippen LogP contribution in [0.25, 0.3) is 0 Å². The van der Waals surface area contributed by atoms with Crippen LogP contribution in [0.2, 0.25) is 0 Å². The molecule has 77 heavy (non-hydrogen) atoms. The third-order valence-corrected chi connectivity index (χ3v) is 18.6. The highest BCUT2D eigenvalue weighted by Crippen LogP contribution is 2.23. The SMILES string of the molecule is CCCCCCCCCCCCCCCCCCCC(CCCCCCCCCCCCCCCCCC)NC(CCCCCCCCCCCCCCCCCC)CCCCCCCCCCCCCCCCCCC. The molecule has 0 fully saturated rings. The quantitative estimate of drug-likeness (QED) is 0.0599. The lowest BCUT2D eigenvalue weighted by Gasteiger charge is -2.27. The van der Waals surface area contributed by atoms with Gasteiger partial charge in [0.05, 0.1) is 0 Å². The predicted octanol–water partition coefficient (Wildman–Crippen LogP) is 28.7. The van der Waals surface area contributed by atoms with E-state index in [1.165, 1.54) is 449 Å². The average Bonchev–Trinajstić information content (AvgIpc) is 3.44. The normalized spacial score (nSPS) is 12.6. The summed E-state index contributed by atoms with van der Waals surface area (Å²) in [5, 5.41) is 4.47. The Balaban J connectivity index is 4.88. The minimum atomic E-state index is 0.759. The summed E-state index contributed by atoms with van der Waals surface area (Å²) < 4.78 is 0. The lowest BCUT2D eigenvalue weighted by molar-refractivity contribution is 0.329. The van der Waals surface area contributed by atoms with Crippen molar-refractivity contribution in [2.75, 3.05) is 0 Å². The largest absolute Gasteiger partial charge is 0.311 e. The molecule has 0 amide bonds. The summed E-state index contributed by atoms with van der Waals surface area (Å²) in [4.78, 5) is 0. The molecule has 0 spiro atoms. The maximum absolute atomic E-state index is 4.47. The summed E-state index contributed by atoms with van der Waals surface area (Å²) in [5.74, 6) is 0. The van der Waals surface area contributed by atoms with Gasteiger partial charge >= 0.3 is 0 Å². The molecule has 464 valence electrons. The van der Waals surface area contributed by atoms with Crippen molar-refractivity contribution in [3.05, 3.63) is 0 Å². The Bertz CT molecular complexity index is 897. The molecular formula is C76H155N. The van der Waals surface area contributed by atoms with Crippen LogP contribution in [0.3, 0.4) is 0 Å². The second-order valence-electron chi connectivity index (χ2n) is 26.6. The molecule has 0 rings (SSSR count). The maximum Gasteiger partial charge on any atom is 0.00696 e. The van der Waals surface area contributed by atoms with Crippen LogP contribution >= 0.6 is 0 Å². The molecule has 2 unspecified atom stereocenters. The van der Waals surface area contributed by atoms with E-state index in [1.54, 1.807) is 0 Å². The summed E-state index contributed by atoms with van der Waals surface area (Å²) in [7, 11) is 0. The van der Waals surface area contributed by atoms with Gasteiger partial charge in [-0.1, -0.05) is 451 Å². The van der Waals surface area contributed by atoms with E-state index in [1.807, 2.05) is 0 Å². The summed E-state index contributed by atoms with van der Waals surface area (Å²) >= 11 is 0. The molecule has 1 N–H and O–H groups in total. The van der Waals surface area contributed by atoms with Crippen molar-refractivity contribution in [2.45, 2.75) is 489 Å². The third kappa shape index (κ3) is 68.4. The van der Waals surface area contributed by atoms with Gasteiger partial charge in [0.15, 0.2) is 0 Å². The van der Waals surface area contributed by atoms with E-state index in [0.717, 1.165) is 12.1 Å². The van der Waals surface area contributed by atoms with Gasteiger partial charge in [-0.15, -0.1) is 0 Å². The van der Waals surface area contributed by atoms with Crippen molar-refractivity contribution in [2.24, 2.45) is 0 Å². The van der Waals surface area contributed by atoms with Crippen LogP contribution in [-0.4, -0.2) is 12.1 Å². The summed E-state index contributed by atoms with van der Waals surface area (Å²) in [6.45, 7) is 9.32. The smallest absolute Gasteiger partial charge is 0.00696 e. The summed E-state index contributed by atoms with van der Waals surface area (Å²) in [5.41, 5.74) is 0. The zero-order chi connectivity index (χ0) is 55.4. The average molecular weight is 1080 g/mol. The van der Waals surface area contributed by atoms with Crippen LogP contribution in [0, 0.1) is 0 Å². The molecule has 0 aliphatic rings. The van der Waals surface area contributed by atoms with Crippen LogP contribution in [0.15, 0.2) is 0 Å². The molecule has 0 bridgehead atoms. The van der Waals surface area contributed by atoms with E-state index in [4.69, 9.17) is 0 Å². The molecule has 0 aromatic heterocycles. The first-order valence-corrected chi connectivity index (χ1v) is 38.0. The van der Waals surface area contributed by atoms with Gasteiger partial charge in [-0.05, 0) is 25.7 Å². The van der Waals surface area contributed by atoms with Crippen molar-refractivity contribution < 1.29 is 0 Å². The zero-order valence-corrected chi connectivity index (χ0v) is 55.2. The first kappa shape index (κ1) is 77.0. The highest BCUT2D eigenvalue weighted by molar-refractivity contribution is 4.76. The first-order valence-electron chi connectivity index (χ1n) is 38.0. The standard InChI is InChI=1S/C76H155N/c1-5-9-13-17-21-25-29-33-37-41-45-49-53-57-61-65-69-73-75(71-67-63-59-55-51-47-43-39-35-31-27-23-19-15-11-7-3)77-76(72-68-64-60-56-52-48-44-40-36-32-28-24-20-16-12-8-4)74-70-66-62-58-54-50-46-42-38-34-30-26-22-18-14-10-6-2/h75-77H,5-74H2,1-4H3. The van der Waals surface area contributed by atoms with Crippen molar-refractivity contribution in [1.29, 1.82) is 0 Å². The topological polar surface area (TPSA) is 12.0 Å². The molecule has 0 aliphatic carbocycles. The Morgan fingerprint density at radius 2 is 0.221 bits per heavy atom. The number of hydrogen-bond donors (Lipinski definition) is 1. The first-order chi connectivity index (χ1) is 38.3. The van der Waals surface area contributed by atoms with Gasteiger partial charge < -0.3 is 5.32 Å². The van der Waals surface area contributed by atoms with Crippen LogP contribution in [0.5, 0.6) is 0 Å². The molecule has 0 aliphatic heterocycles. The lowest BCUT2D eigenvalue weighted by atomic mass is 9.95. The summed E-state index contributed by atoms with van der Waals surface area (Å²) in [6.07, 6.45) is 103. The van der Waals surface area contributed by atoms with Gasteiger partial charge in [0.1, 0.15) is 0 Å². The molecule has 0 aromatic rings. The highest BCUT2D eigenvalue weighted by atomic mass is 14.9. The van der Waals surface area contributed by atoms with Crippen molar-refractivity contribution in [1.82, 2.24) is 5.32 Å². The molecule has 0 heterocycles. The van der Waals surface area contributed by atoms with Gasteiger partial charge in [-0.3, -0.25) is 0 Å². The van der Waals surface area contributed by atoms with Gasteiger partial charge in [0.2, 0.25) is 0 Å². The van der Waals surface area contributed by atoms with Crippen molar-refractivity contribution in [3.63, 3.8) is 0 Å². The second-order valence-corrected chi connectivity index (χ2v) is 26.6. The lowest BCUT2D eigenvalue weighted by Crippen LogP contribution is -2.38. The molecule has 0 saturated heterocycles. The van der Waals surface area contributed by atoms with Crippen LogP contribution in [-0.2, 0) is 0 Å². The maximum atomic E-state index is 4.47. The van der Waals surface area contributed by atoms with Gasteiger partial charge in [0.25, 0.3) is 0 Å². The van der Waals surface area contributed by atoms with Crippen LogP contribution in [0.4, 0.5) is 0 Å². The minimum Gasteiger partial charge on any atom is -0.311 e. The van der Waals surface area contributed by atoms with E-state index < -0.39 is 0 Å². The Labute approximate surface area is 492 Å². The van der Waals surface area contributed by atoms with Gasteiger partial charge in [-0.2, -0.15) is 0 Å². The van der Waals surface area contributed by atoms with Crippen LogP contribution in [0.1, 0.15) is 477 Å². The van der Waals surface area contributed by atoms with Gasteiger partial charge in [-0.25, -0.2) is 0 Å². The zero-order valence-electron chi connectivity index (χ0n) is 55.2. The van der Waals surface area contributed by atoms with Crippen molar-refractivity contribution in [3.8, 4) is 0 Å².